The molecule has 2 fully saturated rings. The maximum Gasteiger partial charge on any atom is 0.0594 e. The van der Waals surface area contributed by atoms with Crippen LogP contribution in [0.5, 0.6) is 0 Å². The van der Waals surface area contributed by atoms with Crippen LogP contribution < -0.4 is 5.32 Å². The van der Waals surface area contributed by atoms with Gasteiger partial charge in [0.15, 0.2) is 0 Å². The van der Waals surface area contributed by atoms with Gasteiger partial charge < -0.3 is 14.8 Å². The summed E-state index contributed by atoms with van der Waals surface area (Å²) in [6.07, 6.45) is 4.17. The van der Waals surface area contributed by atoms with E-state index in [9.17, 15) is 0 Å². The third-order valence-electron chi connectivity index (χ3n) is 3.62. The van der Waals surface area contributed by atoms with Gasteiger partial charge in [-0.3, -0.25) is 4.90 Å². The zero-order valence-electron chi connectivity index (χ0n) is 11.0. The molecule has 2 aliphatic rings. The van der Waals surface area contributed by atoms with Gasteiger partial charge >= 0.3 is 0 Å². The number of nitrogens with zero attached hydrogens (tertiary/aromatic N) is 1. The molecule has 0 radical (unpaired) electrons. The van der Waals surface area contributed by atoms with Crippen molar-refractivity contribution in [3.8, 4) is 0 Å². The predicted molar refractivity (Wildman–Crippen MR) is 68.3 cm³/mol. The van der Waals surface area contributed by atoms with E-state index in [0.717, 1.165) is 52.4 Å². The summed E-state index contributed by atoms with van der Waals surface area (Å²) in [4.78, 5) is 2.48. The SMILES string of the molecule is CC(CN1CCOCC1)NCCC1CCCO1. The second kappa shape index (κ2) is 7.31. The van der Waals surface area contributed by atoms with Gasteiger partial charge in [-0.2, -0.15) is 0 Å². The molecule has 4 heteroatoms. The maximum absolute atomic E-state index is 5.62. The van der Waals surface area contributed by atoms with Crippen LogP contribution in [0.3, 0.4) is 0 Å². The van der Waals surface area contributed by atoms with E-state index in [1.807, 2.05) is 0 Å². The number of nitrogens with one attached hydrogen (secondary N) is 1. The van der Waals surface area contributed by atoms with Gasteiger partial charge in [-0.05, 0) is 32.7 Å². The molecule has 2 heterocycles. The minimum Gasteiger partial charge on any atom is -0.379 e. The molecule has 2 unspecified atom stereocenters. The Kier molecular flexibility index (Phi) is 5.71. The van der Waals surface area contributed by atoms with Crippen molar-refractivity contribution < 1.29 is 9.47 Å². The molecule has 100 valence electrons. The van der Waals surface area contributed by atoms with Crippen molar-refractivity contribution in [2.24, 2.45) is 0 Å². The van der Waals surface area contributed by atoms with Gasteiger partial charge in [0.05, 0.1) is 19.3 Å². The molecule has 4 nitrogen and oxygen atoms in total. The van der Waals surface area contributed by atoms with Crippen LogP contribution in [-0.2, 0) is 9.47 Å². The monoisotopic (exact) mass is 242 g/mol. The van der Waals surface area contributed by atoms with Gasteiger partial charge in [0.2, 0.25) is 0 Å². The summed E-state index contributed by atoms with van der Waals surface area (Å²) in [6, 6.07) is 0.564. The lowest BCUT2D eigenvalue weighted by Crippen LogP contribution is -2.44. The fourth-order valence-electron chi connectivity index (χ4n) is 2.60. The lowest BCUT2D eigenvalue weighted by Gasteiger charge is -2.29. The standard InChI is InChI=1S/C13H26N2O2/c1-12(11-15-6-9-16-10-7-15)14-5-4-13-3-2-8-17-13/h12-14H,2-11H2,1H3. The molecule has 0 saturated carbocycles. The third kappa shape index (κ3) is 4.92. The zero-order chi connectivity index (χ0) is 11.9. The molecule has 2 saturated heterocycles. The summed E-state index contributed by atoms with van der Waals surface area (Å²) >= 11 is 0. The molecule has 0 aromatic rings. The summed E-state index contributed by atoms with van der Waals surface area (Å²) in [6.45, 7) is 9.39. The summed E-state index contributed by atoms with van der Waals surface area (Å²) in [5.41, 5.74) is 0. The van der Waals surface area contributed by atoms with E-state index in [1.54, 1.807) is 0 Å². The lowest BCUT2D eigenvalue weighted by atomic mass is 10.2. The average Bonchev–Trinajstić information content (AvgIpc) is 2.83. The maximum atomic E-state index is 5.62. The highest BCUT2D eigenvalue weighted by atomic mass is 16.5. The first-order valence-corrected chi connectivity index (χ1v) is 6.99. The van der Waals surface area contributed by atoms with E-state index in [1.165, 1.54) is 12.8 Å². The molecule has 1 N–H and O–H groups in total. The van der Waals surface area contributed by atoms with E-state index >= 15 is 0 Å². The quantitative estimate of drug-likeness (QED) is 0.749. The summed E-state index contributed by atoms with van der Waals surface area (Å²) in [7, 11) is 0. The second-order valence-corrected chi connectivity index (χ2v) is 5.19. The van der Waals surface area contributed by atoms with Crippen molar-refractivity contribution >= 4 is 0 Å². The van der Waals surface area contributed by atoms with E-state index in [0.29, 0.717) is 12.1 Å². The molecule has 0 bridgehead atoms. The van der Waals surface area contributed by atoms with E-state index < -0.39 is 0 Å². The van der Waals surface area contributed by atoms with Crippen LogP contribution in [0.4, 0.5) is 0 Å². The summed E-state index contributed by atoms with van der Waals surface area (Å²) in [5.74, 6) is 0. The fourth-order valence-corrected chi connectivity index (χ4v) is 2.60. The molecule has 0 aromatic heterocycles. The van der Waals surface area contributed by atoms with Gasteiger partial charge in [-0.25, -0.2) is 0 Å². The Morgan fingerprint density at radius 2 is 2.12 bits per heavy atom. The summed E-state index contributed by atoms with van der Waals surface area (Å²) < 4.78 is 11.0. The third-order valence-corrected chi connectivity index (χ3v) is 3.62. The van der Waals surface area contributed by atoms with Gasteiger partial charge in [0, 0.05) is 32.3 Å². The molecular weight excluding hydrogens is 216 g/mol. The van der Waals surface area contributed by atoms with E-state index in [-0.39, 0.29) is 0 Å². The Hall–Kier alpha value is -0.160. The molecule has 0 aromatic carbocycles. The highest BCUT2D eigenvalue weighted by molar-refractivity contribution is 4.72. The first kappa shape index (κ1) is 13.3. The minimum atomic E-state index is 0.512. The Morgan fingerprint density at radius 1 is 1.29 bits per heavy atom. The molecule has 0 amide bonds. The molecule has 2 atom stereocenters. The van der Waals surface area contributed by atoms with Crippen LogP contribution in [0.1, 0.15) is 26.2 Å². The van der Waals surface area contributed by atoms with Gasteiger partial charge in [0.25, 0.3) is 0 Å². The van der Waals surface area contributed by atoms with Crippen LogP contribution >= 0.6 is 0 Å². The number of ether oxygens (including phenoxy) is 2. The zero-order valence-corrected chi connectivity index (χ0v) is 11.0. The highest BCUT2D eigenvalue weighted by Gasteiger charge is 2.16. The molecular formula is C13H26N2O2. The average molecular weight is 242 g/mol. The second-order valence-electron chi connectivity index (χ2n) is 5.19. The van der Waals surface area contributed by atoms with Gasteiger partial charge in [0.1, 0.15) is 0 Å². The van der Waals surface area contributed by atoms with Gasteiger partial charge in [-0.1, -0.05) is 0 Å². The van der Waals surface area contributed by atoms with Crippen LogP contribution in [-0.4, -0.2) is 63.0 Å². The number of rotatable bonds is 6. The number of morpholine rings is 1. The van der Waals surface area contributed by atoms with Crippen molar-refractivity contribution in [3.63, 3.8) is 0 Å². The fraction of sp³-hybridized carbons (Fsp3) is 1.00. The summed E-state index contributed by atoms with van der Waals surface area (Å²) in [5, 5.41) is 3.59. The Balaban J connectivity index is 1.52. The van der Waals surface area contributed by atoms with Crippen LogP contribution in [0.15, 0.2) is 0 Å². The van der Waals surface area contributed by atoms with Crippen molar-refractivity contribution in [3.05, 3.63) is 0 Å². The molecule has 0 aliphatic carbocycles. The Morgan fingerprint density at radius 3 is 2.82 bits per heavy atom. The van der Waals surface area contributed by atoms with Crippen LogP contribution in [0, 0.1) is 0 Å². The largest absolute Gasteiger partial charge is 0.379 e. The first-order valence-electron chi connectivity index (χ1n) is 6.99. The van der Waals surface area contributed by atoms with Gasteiger partial charge in [-0.15, -0.1) is 0 Å². The molecule has 17 heavy (non-hydrogen) atoms. The number of hydrogen-bond acceptors (Lipinski definition) is 4. The van der Waals surface area contributed by atoms with Crippen molar-refractivity contribution in [1.29, 1.82) is 0 Å². The predicted octanol–water partition coefficient (Wildman–Crippen LogP) is 0.866. The van der Waals surface area contributed by atoms with E-state index in [2.05, 4.69) is 17.1 Å². The van der Waals surface area contributed by atoms with Crippen molar-refractivity contribution in [2.45, 2.75) is 38.3 Å². The highest BCUT2D eigenvalue weighted by Crippen LogP contribution is 2.14. The molecule has 2 rings (SSSR count). The van der Waals surface area contributed by atoms with E-state index in [4.69, 9.17) is 9.47 Å². The number of hydrogen-bond donors (Lipinski definition) is 1. The topological polar surface area (TPSA) is 33.7 Å². The van der Waals surface area contributed by atoms with Crippen LogP contribution in [0.2, 0.25) is 0 Å². The molecule has 2 aliphatic heterocycles. The smallest absolute Gasteiger partial charge is 0.0594 e. The normalized spacial score (nSPS) is 28.4. The lowest BCUT2D eigenvalue weighted by molar-refractivity contribution is 0.0341. The van der Waals surface area contributed by atoms with Crippen LogP contribution in [0.25, 0.3) is 0 Å². The van der Waals surface area contributed by atoms with Crippen molar-refractivity contribution in [1.82, 2.24) is 10.2 Å². The minimum absolute atomic E-state index is 0.512. The first-order chi connectivity index (χ1) is 8.34. The Labute approximate surface area is 105 Å². The molecule has 0 spiro atoms. The van der Waals surface area contributed by atoms with Crippen molar-refractivity contribution in [2.75, 3.05) is 46.0 Å². The Bertz CT molecular complexity index is 202.